The molecule has 0 aliphatic rings. The van der Waals surface area contributed by atoms with Gasteiger partial charge in [0.1, 0.15) is 0 Å². The maximum atomic E-state index is 9.86. The van der Waals surface area contributed by atoms with Gasteiger partial charge in [0.15, 0.2) is 0 Å². The lowest BCUT2D eigenvalue weighted by molar-refractivity contribution is 0.157. The van der Waals surface area contributed by atoms with Gasteiger partial charge in [-0.3, -0.25) is 0 Å². The Labute approximate surface area is 145 Å². The predicted octanol–water partition coefficient (Wildman–Crippen LogP) is 4.80. The third kappa shape index (κ3) is 19.8. The molecule has 0 aromatic rings. The Morgan fingerprint density at radius 3 is 1.74 bits per heavy atom. The molecule has 140 valence electrons. The molecule has 0 radical (unpaired) electrons. The molecule has 0 fully saturated rings. The summed E-state index contributed by atoms with van der Waals surface area (Å²) in [6, 6.07) is 0. The molecule has 0 aromatic carbocycles. The first-order valence-electron chi connectivity index (χ1n) is 10.3. The molecule has 3 nitrogen and oxygen atoms in total. The summed E-state index contributed by atoms with van der Waals surface area (Å²) in [5.41, 5.74) is 0. The molecule has 3 heteroatoms. The highest BCUT2D eigenvalue weighted by Gasteiger charge is 2.03. The Hall–Kier alpha value is -0.120. The van der Waals surface area contributed by atoms with Crippen molar-refractivity contribution in [3.8, 4) is 0 Å². The van der Waals surface area contributed by atoms with Crippen LogP contribution in [0.1, 0.15) is 103 Å². The highest BCUT2D eigenvalue weighted by Crippen LogP contribution is 2.12. The summed E-state index contributed by atoms with van der Waals surface area (Å²) < 4.78 is 0. The minimum Gasteiger partial charge on any atom is -0.396 e. The molecule has 0 aliphatic carbocycles. The van der Waals surface area contributed by atoms with E-state index in [4.69, 9.17) is 5.11 Å². The van der Waals surface area contributed by atoms with E-state index in [1.165, 1.54) is 70.6 Å². The molecule has 0 saturated carbocycles. The average Bonchev–Trinajstić information content (AvgIpc) is 2.55. The summed E-state index contributed by atoms with van der Waals surface area (Å²) in [5.74, 6) is 0. The van der Waals surface area contributed by atoms with Crippen LogP contribution < -0.4 is 5.32 Å². The van der Waals surface area contributed by atoms with Crippen LogP contribution in [0.3, 0.4) is 0 Å². The summed E-state index contributed by atoms with van der Waals surface area (Å²) in [4.78, 5) is 0. The number of unbranched alkanes of at least 4 members (excludes halogenated alkanes) is 12. The summed E-state index contributed by atoms with van der Waals surface area (Å²) >= 11 is 0. The lowest BCUT2D eigenvalue weighted by Crippen LogP contribution is -2.27. The van der Waals surface area contributed by atoms with E-state index in [9.17, 15) is 5.11 Å². The van der Waals surface area contributed by atoms with Gasteiger partial charge in [-0.2, -0.15) is 0 Å². The smallest absolute Gasteiger partial charge is 0.0664 e. The third-order valence-electron chi connectivity index (χ3n) is 4.53. The van der Waals surface area contributed by atoms with Crippen LogP contribution in [-0.2, 0) is 0 Å². The topological polar surface area (TPSA) is 52.5 Å². The molecule has 1 atom stereocenters. The van der Waals surface area contributed by atoms with Crippen molar-refractivity contribution in [1.29, 1.82) is 0 Å². The van der Waals surface area contributed by atoms with E-state index in [1.807, 2.05) is 0 Å². The number of nitrogens with one attached hydrogen (secondary N) is 1. The van der Waals surface area contributed by atoms with Crippen molar-refractivity contribution >= 4 is 0 Å². The minimum atomic E-state index is -0.202. The van der Waals surface area contributed by atoms with Crippen LogP contribution >= 0.6 is 0 Å². The number of aliphatic hydroxyl groups excluding tert-OH is 2. The molecule has 0 heterocycles. The van der Waals surface area contributed by atoms with E-state index in [1.54, 1.807) is 0 Å². The van der Waals surface area contributed by atoms with Gasteiger partial charge >= 0.3 is 0 Å². The Morgan fingerprint density at radius 2 is 1.22 bits per heavy atom. The molecule has 0 bridgehead atoms. The Balaban J connectivity index is 3.08. The summed E-state index contributed by atoms with van der Waals surface area (Å²) in [5, 5.41) is 21.8. The van der Waals surface area contributed by atoms with E-state index in [0.29, 0.717) is 6.54 Å². The fraction of sp³-hybridized carbons (Fsp3) is 1.00. The normalized spacial score (nSPS) is 12.7. The van der Waals surface area contributed by atoms with Crippen LogP contribution in [-0.4, -0.2) is 36.0 Å². The van der Waals surface area contributed by atoms with Crippen LogP contribution in [0.4, 0.5) is 0 Å². The molecule has 0 spiro atoms. The number of rotatable bonds is 19. The zero-order valence-electron chi connectivity index (χ0n) is 15.7. The Kier molecular flexibility index (Phi) is 19.8. The van der Waals surface area contributed by atoms with Gasteiger partial charge in [0, 0.05) is 13.2 Å². The van der Waals surface area contributed by atoms with Crippen molar-refractivity contribution < 1.29 is 10.2 Å². The molecule has 23 heavy (non-hydrogen) atoms. The molecule has 0 amide bonds. The van der Waals surface area contributed by atoms with Crippen LogP contribution in [0, 0.1) is 0 Å². The third-order valence-corrected chi connectivity index (χ3v) is 4.53. The number of aliphatic hydroxyl groups is 2. The zero-order valence-corrected chi connectivity index (χ0v) is 15.7. The van der Waals surface area contributed by atoms with Gasteiger partial charge in [-0.05, 0) is 25.8 Å². The highest BCUT2D eigenvalue weighted by molar-refractivity contribution is 4.60. The van der Waals surface area contributed by atoms with E-state index in [-0.39, 0.29) is 12.7 Å². The van der Waals surface area contributed by atoms with Gasteiger partial charge in [0.05, 0.1) is 6.10 Å². The fourth-order valence-corrected chi connectivity index (χ4v) is 2.95. The van der Waals surface area contributed by atoms with Crippen LogP contribution in [0.5, 0.6) is 0 Å². The molecule has 0 saturated heterocycles. The van der Waals surface area contributed by atoms with Crippen LogP contribution in [0.2, 0.25) is 0 Å². The predicted molar refractivity (Wildman–Crippen MR) is 101 cm³/mol. The van der Waals surface area contributed by atoms with Crippen molar-refractivity contribution in [2.45, 2.75) is 109 Å². The lowest BCUT2D eigenvalue weighted by atomic mass is 10.0. The second kappa shape index (κ2) is 19.9. The van der Waals surface area contributed by atoms with Gasteiger partial charge in [0.2, 0.25) is 0 Å². The van der Waals surface area contributed by atoms with Gasteiger partial charge < -0.3 is 15.5 Å². The second-order valence-electron chi connectivity index (χ2n) is 6.97. The Bertz CT molecular complexity index is 212. The van der Waals surface area contributed by atoms with Crippen LogP contribution in [0.25, 0.3) is 0 Å². The standard InChI is InChI=1S/C20H43NO2/c1-2-3-4-5-6-7-8-9-10-11-12-13-16-20(23)19-21-17-14-15-18-22/h20-23H,2-19H2,1H3. The number of hydrogen-bond donors (Lipinski definition) is 3. The van der Waals surface area contributed by atoms with Crippen molar-refractivity contribution in [2.24, 2.45) is 0 Å². The first-order valence-corrected chi connectivity index (χ1v) is 10.3. The SMILES string of the molecule is CCCCCCCCCCCCCCC(O)CNCCCCO. The number of hydrogen-bond acceptors (Lipinski definition) is 3. The van der Waals surface area contributed by atoms with E-state index >= 15 is 0 Å². The van der Waals surface area contributed by atoms with Crippen molar-refractivity contribution in [3.05, 3.63) is 0 Å². The molecule has 0 rings (SSSR count). The van der Waals surface area contributed by atoms with Gasteiger partial charge in [-0.15, -0.1) is 0 Å². The summed E-state index contributed by atoms with van der Waals surface area (Å²) in [6.45, 7) is 4.14. The zero-order chi connectivity index (χ0) is 17.0. The Morgan fingerprint density at radius 1 is 0.696 bits per heavy atom. The summed E-state index contributed by atoms with van der Waals surface area (Å²) in [6.07, 6.45) is 18.9. The van der Waals surface area contributed by atoms with Gasteiger partial charge in [-0.1, -0.05) is 84.0 Å². The average molecular weight is 330 g/mol. The van der Waals surface area contributed by atoms with Crippen molar-refractivity contribution in [2.75, 3.05) is 19.7 Å². The highest BCUT2D eigenvalue weighted by atomic mass is 16.3. The molecule has 1 unspecified atom stereocenters. The maximum Gasteiger partial charge on any atom is 0.0664 e. The molecule has 3 N–H and O–H groups in total. The van der Waals surface area contributed by atoms with E-state index in [2.05, 4.69) is 12.2 Å². The molecule has 0 aliphatic heterocycles. The molecular weight excluding hydrogens is 286 g/mol. The quantitative estimate of drug-likeness (QED) is 0.298. The fourth-order valence-electron chi connectivity index (χ4n) is 2.95. The first-order chi connectivity index (χ1) is 11.3. The van der Waals surface area contributed by atoms with Crippen LogP contribution in [0.15, 0.2) is 0 Å². The monoisotopic (exact) mass is 329 g/mol. The maximum absolute atomic E-state index is 9.86. The van der Waals surface area contributed by atoms with Gasteiger partial charge in [0.25, 0.3) is 0 Å². The minimum absolute atomic E-state index is 0.202. The molecular formula is C20H43NO2. The van der Waals surface area contributed by atoms with Gasteiger partial charge in [-0.25, -0.2) is 0 Å². The summed E-state index contributed by atoms with van der Waals surface area (Å²) in [7, 11) is 0. The lowest BCUT2D eigenvalue weighted by Gasteiger charge is -2.11. The first kappa shape index (κ1) is 22.9. The second-order valence-corrected chi connectivity index (χ2v) is 6.97. The molecule has 0 aromatic heterocycles. The van der Waals surface area contributed by atoms with E-state index < -0.39 is 0 Å². The van der Waals surface area contributed by atoms with Crippen molar-refractivity contribution in [1.82, 2.24) is 5.32 Å². The van der Waals surface area contributed by atoms with Crippen molar-refractivity contribution in [3.63, 3.8) is 0 Å². The van der Waals surface area contributed by atoms with E-state index in [0.717, 1.165) is 32.2 Å². The largest absolute Gasteiger partial charge is 0.396 e.